The van der Waals surface area contributed by atoms with Crippen molar-refractivity contribution in [3.63, 3.8) is 0 Å². The van der Waals surface area contributed by atoms with Crippen LogP contribution in [0.5, 0.6) is 0 Å². The van der Waals surface area contributed by atoms with E-state index in [4.69, 9.17) is 0 Å². The summed E-state index contributed by atoms with van der Waals surface area (Å²) < 4.78 is 0. The zero-order chi connectivity index (χ0) is 47.3. The third kappa shape index (κ3) is 7.73. The summed E-state index contributed by atoms with van der Waals surface area (Å²) >= 11 is 0. The predicted octanol–water partition coefficient (Wildman–Crippen LogP) is 20.2. The maximum Gasteiger partial charge on any atom is 0.0544 e. The van der Waals surface area contributed by atoms with Crippen molar-refractivity contribution < 1.29 is 0 Å². The normalized spacial score (nSPS) is 14.7. The summed E-state index contributed by atoms with van der Waals surface area (Å²) in [6, 6.07) is 79.2. The lowest BCUT2D eigenvalue weighted by atomic mass is 9.77. The molecule has 2 heteroatoms. The molecule has 2 fully saturated rings. The molecule has 0 heterocycles. The number of benzene rings is 12. The minimum atomic E-state index is 0.523. The molecule has 0 aliphatic heterocycles. The SMILES string of the molecule is CN(c1cccc2ccccc12)c1cc(C2CCCCC2)c2ccc3c(N(c4cccc5ccccc45)c4cccc5ccccc45)cc(C4CCCCC4)c4ccc1c2c43.c1ccc2ccccc2c1. The molecule has 2 saturated carbocycles. The van der Waals surface area contributed by atoms with Crippen LogP contribution in [0.2, 0.25) is 0 Å². The van der Waals surface area contributed by atoms with E-state index in [2.05, 4.69) is 229 Å². The van der Waals surface area contributed by atoms with Gasteiger partial charge in [-0.25, -0.2) is 0 Å². The van der Waals surface area contributed by atoms with Gasteiger partial charge in [0.1, 0.15) is 0 Å². The lowest BCUT2D eigenvalue weighted by Crippen LogP contribution is -2.15. The molecular weight excluding hydrogens is 857 g/mol. The molecule has 0 N–H and O–H groups in total. The first-order chi connectivity index (χ1) is 35.2. The maximum absolute atomic E-state index is 2.63. The second kappa shape index (κ2) is 18.6. The summed E-state index contributed by atoms with van der Waals surface area (Å²) in [6.07, 6.45) is 12.9. The topological polar surface area (TPSA) is 6.48 Å². The summed E-state index contributed by atoms with van der Waals surface area (Å²) in [7, 11) is 2.31. The van der Waals surface area contributed by atoms with E-state index in [9.17, 15) is 0 Å². The second-order valence-electron chi connectivity index (χ2n) is 20.4. The van der Waals surface area contributed by atoms with E-state index >= 15 is 0 Å². The Labute approximate surface area is 418 Å². The zero-order valence-electron chi connectivity index (χ0n) is 40.8. The first kappa shape index (κ1) is 43.3. The molecule has 0 amide bonds. The van der Waals surface area contributed by atoms with Crippen LogP contribution in [0.1, 0.15) is 87.2 Å². The highest BCUT2D eigenvalue weighted by molar-refractivity contribution is 6.30. The highest BCUT2D eigenvalue weighted by atomic mass is 15.1. The van der Waals surface area contributed by atoms with Gasteiger partial charge in [0.05, 0.1) is 17.1 Å². The van der Waals surface area contributed by atoms with Crippen LogP contribution in [0, 0.1) is 0 Å². The Morgan fingerprint density at radius 3 is 1.07 bits per heavy atom. The van der Waals surface area contributed by atoms with E-state index in [0.717, 1.165) is 0 Å². The average molecular weight is 917 g/mol. The summed E-state index contributed by atoms with van der Waals surface area (Å²) in [5.74, 6) is 1.08. The van der Waals surface area contributed by atoms with Gasteiger partial charge in [-0.2, -0.15) is 0 Å². The van der Waals surface area contributed by atoms with Crippen molar-refractivity contribution in [1.82, 2.24) is 0 Å². The van der Waals surface area contributed by atoms with E-state index in [-0.39, 0.29) is 0 Å². The van der Waals surface area contributed by atoms with Crippen molar-refractivity contribution in [2.75, 3.05) is 16.8 Å². The molecule has 0 unspecified atom stereocenters. The number of rotatable bonds is 7. The van der Waals surface area contributed by atoms with Crippen molar-refractivity contribution >= 4 is 104 Å². The van der Waals surface area contributed by atoms with Crippen LogP contribution < -0.4 is 9.80 Å². The van der Waals surface area contributed by atoms with E-state index in [1.165, 1.54) is 179 Å². The maximum atomic E-state index is 2.63. The Morgan fingerprint density at radius 1 is 0.282 bits per heavy atom. The van der Waals surface area contributed by atoms with Crippen LogP contribution in [-0.4, -0.2) is 7.05 Å². The number of anilines is 5. The molecule has 0 saturated heterocycles. The fraction of sp³-hybridized carbons (Fsp3) is 0.188. The van der Waals surface area contributed by atoms with E-state index < -0.39 is 0 Å². The molecule has 0 bridgehead atoms. The van der Waals surface area contributed by atoms with Gasteiger partial charge in [0, 0.05) is 45.4 Å². The molecule has 0 spiro atoms. The third-order valence-corrected chi connectivity index (χ3v) is 16.4. The number of hydrogen-bond acceptors (Lipinski definition) is 2. The summed E-state index contributed by atoms with van der Waals surface area (Å²) in [5.41, 5.74) is 9.34. The zero-order valence-corrected chi connectivity index (χ0v) is 40.8. The Bertz CT molecular complexity index is 3730. The quantitative estimate of drug-likeness (QED) is 0.147. The smallest absolute Gasteiger partial charge is 0.0544 e. The first-order valence-corrected chi connectivity index (χ1v) is 26.4. The van der Waals surface area contributed by atoms with Gasteiger partial charge in [-0.15, -0.1) is 0 Å². The van der Waals surface area contributed by atoms with Gasteiger partial charge in [-0.05, 0) is 127 Å². The summed E-state index contributed by atoms with van der Waals surface area (Å²) in [6.45, 7) is 0. The predicted molar refractivity (Wildman–Crippen MR) is 307 cm³/mol. The highest BCUT2D eigenvalue weighted by Gasteiger charge is 2.29. The minimum Gasteiger partial charge on any atom is -0.344 e. The van der Waals surface area contributed by atoms with Crippen molar-refractivity contribution in [2.24, 2.45) is 0 Å². The molecule has 0 radical (unpaired) electrons. The van der Waals surface area contributed by atoms with Crippen molar-refractivity contribution in [3.05, 3.63) is 223 Å². The number of nitrogens with zero attached hydrogens (tertiary/aromatic N) is 2. The van der Waals surface area contributed by atoms with Crippen LogP contribution in [0.3, 0.4) is 0 Å². The molecule has 0 atom stereocenters. The summed E-state index contributed by atoms with van der Waals surface area (Å²) in [5, 5.41) is 18.7. The standard InChI is InChI=1S/C59H52N2.C10H8/c1-60(53-30-14-24-39-21-8-11-27-44(39)53)56-37-51(42-17-4-2-5-18-42)47-34-36-50-57(38-52(43-19-6-3-7-20-43)48-33-35-49(56)58(47)59(48)50)61(54-31-15-25-40-22-9-12-28-45(40)54)55-32-16-26-41-23-10-13-29-46(41)55;1-2-6-10-8-4-3-7-9(10)5-1/h8-16,21-38,42-43H,2-7,17-20H2,1H3;1-8H. The minimum absolute atomic E-state index is 0.523. The molecule has 2 aliphatic rings. The monoisotopic (exact) mass is 916 g/mol. The molecule has 14 rings (SSSR count). The second-order valence-corrected chi connectivity index (χ2v) is 20.4. The van der Waals surface area contributed by atoms with Gasteiger partial charge in [0.2, 0.25) is 0 Å². The van der Waals surface area contributed by atoms with E-state index in [1.807, 2.05) is 0 Å². The van der Waals surface area contributed by atoms with Crippen LogP contribution in [0.25, 0.3) is 75.4 Å². The van der Waals surface area contributed by atoms with Crippen LogP contribution in [0.15, 0.2) is 212 Å². The molecule has 0 aromatic heterocycles. The number of fused-ring (bicyclic) bond motifs is 4. The average Bonchev–Trinajstić information content (AvgIpc) is 3.45. The fourth-order valence-corrected chi connectivity index (χ4v) is 12.9. The van der Waals surface area contributed by atoms with Gasteiger partial charge < -0.3 is 9.80 Å². The highest BCUT2D eigenvalue weighted by Crippen LogP contribution is 2.53. The Morgan fingerprint density at radius 2 is 0.620 bits per heavy atom. The van der Waals surface area contributed by atoms with E-state index in [0.29, 0.717) is 11.8 Å². The van der Waals surface area contributed by atoms with Gasteiger partial charge in [-0.1, -0.05) is 221 Å². The molecule has 71 heavy (non-hydrogen) atoms. The Balaban J connectivity index is 0.000000438. The fourth-order valence-electron chi connectivity index (χ4n) is 12.9. The molecule has 2 aliphatic carbocycles. The molecule has 12 aromatic carbocycles. The van der Waals surface area contributed by atoms with E-state index in [1.54, 1.807) is 0 Å². The lowest BCUT2D eigenvalue weighted by molar-refractivity contribution is 0.445. The third-order valence-electron chi connectivity index (χ3n) is 16.4. The first-order valence-electron chi connectivity index (χ1n) is 26.4. The van der Waals surface area contributed by atoms with Gasteiger partial charge >= 0.3 is 0 Å². The molecular formula is C69H60N2. The largest absolute Gasteiger partial charge is 0.344 e. The Hall–Kier alpha value is -7.68. The van der Waals surface area contributed by atoms with Gasteiger partial charge in [0.15, 0.2) is 0 Å². The summed E-state index contributed by atoms with van der Waals surface area (Å²) in [4.78, 5) is 5.13. The van der Waals surface area contributed by atoms with Gasteiger partial charge in [-0.3, -0.25) is 0 Å². The molecule has 346 valence electrons. The molecule has 12 aromatic rings. The lowest BCUT2D eigenvalue weighted by Gasteiger charge is -2.33. The Kier molecular flexibility index (Phi) is 11.3. The van der Waals surface area contributed by atoms with Gasteiger partial charge in [0.25, 0.3) is 0 Å². The van der Waals surface area contributed by atoms with Crippen LogP contribution >= 0.6 is 0 Å². The van der Waals surface area contributed by atoms with Crippen molar-refractivity contribution in [1.29, 1.82) is 0 Å². The van der Waals surface area contributed by atoms with Crippen LogP contribution in [-0.2, 0) is 0 Å². The van der Waals surface area contributed by atoms with Crippen molar-refractivity contribution in [2.45, 2.75) is 76.0 Å². The van der Waals surface area contributed by atoms with Crippen molar-refractivity contribution in [3.8, 4) is 0 Å². The molecule has 2 nitrogen and oxygen atoms in total. The number of hydrogen-bond donors (Lipinski definition) is 0. The van der Waals surface area contributed by atoms with Crippen LogP contribution in [0.4, 0.5) is 28.4 Å².